The number of ether oxygens (including phenoxy) is 1. The highest BCUT2D eigenvalue weighted by molar-refractivity contribution is 6.35. The Morgan fingerprint density at radius 2 is 1.89 bits per heavy atom. The van der Waals surface area contributed by atoms with Gasteiger partial charge >= 0.3 is 6.18 Å². The van der Waals surface area contributed by atoms with Crippen molar-refractivity contribution in [1.82, 2.24) is 10.2 Å². The van der Waals surface area contributed by atoms with E-state index in [4.69, 9.17) is 32.8 Å². The number of nitrogens with zero attached hydrogens (tertiary/aromatic N) is 2. The van der Waals surface area contributed by atoms with Gasteiger partial charge in [0.05, 0.1) is 29.1 Å². The molecule has 194 valence electrons. The molecule has 0 radical (unpaired) electrons. The van der Waals surface area contributed by atoms with E-state index in [1.165, 1.54) is 0 Å². The van der Waals surface area contributed by atoms with Crippen molar-refractivity contribution in [2.24, 2.45) is 5.16 Å². The minimum Gasteiger partial charge on any atom is -0.383 e. The fraction of sp³-hybridized carbons (Fsp3) is 0.417. The van der Waals surface area contributed by atoms with Crippen LogP contribution in [-0.2, 0) is 28.3 Å². The van der Waals surface area contributed by atoms with Crippen LogP contribution in [0, 0.1) is 5.82 Å². The van der Waals surface area contributed by atoms with E-state index < -0.39 is 39.6 Å². The molecule has 2 aliphatic heterocycles. The summed E-state index contributed by atoms with van der Waals surface area (Å²) >= 11 is 11.5. The number of carbonyl (C=O) groups excluding carboxylic acids is 1. The van der Waals surface area contributed by atoms with Crippen LogP contribution in [-0.4, -0.2) is 42.6 Å². The number of alkyl halides is 3. The van der Waals surface area contributed by atoms with E-state index in [0.29, 0.717) is 25.1 Å². The van der Waals surface area contributed by atoms with Crippen molar-refractivity contribution in [3.8, 4) is 0 Å². The number of oxime groups is 1. The smallest absolute Gasteiger partial charge is 0.383 e. The van der Waals surface area contributed by atoms with Gasteiger partial charge in [0.25, 0.3) is 11.5 Å². The second-order valence-electron chi connectivity index (χ2n) is 8.73. The lowest BCUT2D eigenvalue weighted by atomic mass is 9.89. The summed E-state index contributed by atoms with van der Waals surface area (Å²) in [6, 6.07) is 6.73. The van der Waals surface area contributed by atoms with E-state index >= 15 is 0 Å². The second-order valence-corrected chi connectivity index (χ2v) is 9.54. The molecule has 0 fully saturated rings. The monoisotopic (exact) mass is 547 g/mol. The van der Waals surface area contributed by atoms with Gasteiger partial charge in [-0.15, -0.1) is 0 Å². The zero-order valence-electron chi connectivity index (χ0n) is 19.4. The number of benzene rings is 2. The topological polar surface area (TPSA) is 63.2 Å². The van der Waals surface area contributed by atoms with Gasteiger partial charge in [-0.25, -0.2) is 4.39 Å². The normalized spacial score (nSPS) is 20.1. The molecule has 2 aliphatic rings. The van der Waals surface area contributed by atoms with E-state index in [0.717, 1.165) is 23.3 Å². The molecule has 0 saturated carbocycles. The predicted molar refractivity (Wildman–Crippen MR) is 126 cm³/mol. The Morgan fingerprint density at radius 3 is 2.50 bits per heavy atom. The molecule has 0 aliphatic carbocycles. The number of halogens is 6. The number of rotatable bonds is 6. The molecule has 0 aromatic heterocycles. The molecule has 1 amide bonds. The first-order chi connectivity index (χ1) is 17.0. The standard InChI is InChI=1S/C24H23Cl2F4N3O3/c1-3-17(12-35-2)31-22(34)13-4-5-14-10-33(11-15(14)6-13)20-9-23(36-32-20,24(28,29)30)16-7-18(25)21(27)19(26)8-16/h4-8,17H,3,9-12H2,1-2H3,(H,31,34). The molecule has 2 atom stereocenters. The van der Waals surface area contributed by atoms with Crippen LogP contribution in [0.4, 0.5) is 17.6 Å². The van der Waals surface area contributed by atoms with E-state index in [9.17, 15) is 22.4 Å². The Bertz CT molecular complexity index is 1180. The quantitative estimate of drug-likeness (QED) is 0.367. The highest BCUT2D eigenvalue weighted by Crippen LogP contribution is 2.50. The summed E-state index contributed by atoms with van der Waals surface area (Å²) in [6.07, 6.45) is -4.84. The van der Waals surface area contributed by atoms with Crippen molar-refractivity contribution in [2.75, 3.05) is 13.7 Å². The average Bonchev–Trinajstić information content (AvgIpc) is 3.46. The largest absolute Gasteiger partial charge is 0.435 e. The number of hydrogen-bond acceptors (Lipinski definition) is 5. The summed E-state index contributed by atoms with van der Waals surface area (Å²) in [5.41, 5.74) is -1.21. The van der Waals surface area contributed by atoms with Crippen molar-refractivity contribution >= 4 is 34.9 Å². The van der Waals surface area contributed by atoms with Gasteiger partial charge < -0.3 is 19.8 Å². The van der Waals surface area contributed by atoms with Crippen LogP contribution in [0.15, 0.2) is 35.5 Å². The van der Waals surface area contributed by atoms with Gasteiger partial charge in [-0.3, -0.25) is 4.79 Å². The van der Waals surface area contributed by atoms with Gasteiger partial charge in [-0.2, -0.15) is 13.2 Å². The van der Waals surface area contributed by atoms with E-state index in [1.54, 1.807) is 30.2 Å². The van der Waals surface area contributed by atoms with Crippen molar-refractivity contribution in [3.05, 3.63) is 68.4 Å². The third-order valence-corrected chi connectivity index (χ3v) is 6.92. The molecule has 0 spiro atoms. The molecule has 12 heteroatoms. The number of hydrogen-bond donors (Lipinski definition) is 1. The molecule has 0 bridgehead atoms. The molecule has 1 N–H and O–H groups in total. The van der Waals surface area contributed by atoms with Gasteiger partial charge in [0.15, 0.2) is 5.82 Å². The lowest BCUT2D eigenvalue weighted by Crippen LogP contribution is -2.44. The minimum absolute atomic E-state index is 0.0669. The molecule has 2 unspecified atom stereocenters. The SMILES string of the molecule is CCC(COC)NC(=O)c1ccc2c(c1)CN(C1=NOC(c3cc(Cl)c(F)c(Cl)c3)(C(F)(F)F)C1)C2. The molecule has 6 nitrogen and oxygen atoms in total. The molecule has 2 aromatic carbocycles. The Kier molecular flexibility index (Phi) is 7.41. The first-order valence-electron chi connectivity index (χ1n) is 11.1. The number of amidine groups is 1. The van der Waals surface area contributed by atoms with Crippen LogP contribution in [0.1, 0.15) is 46.8 Å². The van der Waals surface area contributed by atoms with E-state index in [2.05, 4.69) is 10.5 Å². The zero-order chi connectivity index (χ0) is 26.3. The first kappa shape index (κ1) is 26.5. The first-order valence-corrected chi connectivity index (χ1v) is 11.9. The van der Waals surface area contributed by atoms with Gasteiger partial charge in [-0.1, -0.05) is 41.3 Å². The van der Waals surface area contributed by atoms with Gasteiger partial charge in [-0.05, 0) is 41.8 Å². The Labute approximate surface area is 215 Å². The lowest BCUT2D eigenvalue weighted by molar-refractivity contribution is -0.275. The van der Waals surface area contributed by atoms with Crippen LogP contribution in [0.5, 0.6) is 0 Å². The Morgan fingerprint density at radius 1 is 1.22 bits per heavy atom. The second kappa shape index (κ2) is 10.1. The zero-order valence-corrected chi connectivity index (χ0v) is 20.9. The summed E-state index contributed by atoms with van der Waals surface area (Å²) in [4.78, 5) is 19.3. The van der Waals surface area contributed by atoms with Gasteiger partial charge in [0.1, 0.15) is 5.84 Å². The van der Waals surface area contributed by atoms with Crippen molar-refractivity contribution in [2.45, 2.75) is 50.7 Å². The van der Waals surface area contributed by atoms with Gasteiger partial charge in [0.2, 0.25) is 0 Å². The third-order valence-electron chi connectivity index (χ3n) is 6.37. The summed E-state index contributed by atoms with van der Waals surface area (Å²) in [6.45, 7) is 2.85. The molecule has 2 aromatic rings. The summed E-state index contributed by atoms with van der Waals surface area (Å²) < 4.78 is 61.8. The highest BCUT2D eigenvalue weighted by Gasteiger charge is 2.63. The summed E-state index contributed by atoms with van der Waals surface area (Å²) in [7, 11) is 1.56. The van der Waals surface area contributed by atoms with Crippen LogP contribution < -0.4 is 5.32 Å². The minimum atomic E-state index is -4.89. The molecule has 0 saturated heterocycles. The van der Waals surface area contributed by atoms with Crippen LogP contribution in [0.25, 0.3) is 0 Å². The molecule has 2 heterocycles. The van der Waals surface area contributed by atoms with Crippen LogP contribution in [0.2, 0.25) is 10.0 Å². The van der Waals surface area contributed by atoms with Gasteiger partial charge in [0, 0.05) is 31.3 Å². The molecular formula is C24H23Cl2F4N3O3. The summed E-state index contributed by atoms with van der Waals surface area (Å²) in [5, 5.41) is 5.57. The molecule has 36 heavy (non-hydrogen) atoms. The fourth-order valence-corrected chi connectivity index (χ4v) is 4.78. The maximum Gasteiger partial charge on any atom is 0.435 e. The predicted octanol–water partition coefficient (Wildman–Crippen LogP) is 5.79. The number of fused-ring (bicyclic) bond motifs is 1. The van der Waals surface area contributed by atoms with E-state index in [-0.39, 0.29) is 24.3 Å². The molecule has 4 rings (SSSR count). The highest BCUT2D eigenvalue weighted by atomic mass is 35.5. The van der Waals surface area contributed by atoms with Crippen molar-refractivity contribution < 1.29 is 31.9 Å². The third kappa shape index (κ3) is 4.86. The molecular weight excluding hydrogens is 525 g/mol. The van der Waals surface area contributed by atoms with Crippen LogP contribution >= 0.6 is 23.2 Å². The summed E-state index contributed by atoms with van der Waals surface area (Å²) in [5.74, 6) is -1.21. The maximum atomic E-state index is 14.3. The number of carbonyl (C=O) groups is 1. The van der Waals surface area contributed by atoms with E-state index in [1.807, 2.05) is 6.92 Å². The fourth-order valence-electron chi connectivity index (χ4n) is 4.30. The number of methoxy groups -OCH3 is 1. The van der Waals surface area contributed by atoms with Crippen molar-refractivity contribution in [1.29, 1.82) is 0 Å². The lowest BCUT2D eigenvalue weighted by Gasteiger charge is -2.30. The number of nitrogens with one attached hydrogen (secondary N) is 1. The Hall–Kier alpha value is -2.56. The van der Waals surface area contributed by atoms with Crippen LogP contribution in [0.3, 0.4) is 0 Å². The average molecular weight is 548 g/mol. The Balaban J connectivity index is 1.53. The van der Waals surface area contributed by atoms with Crippen molar-refractivity contribution in [3.63, 3.8) is 0 Å². The maximum absolute atomic E-state index is 14.3. The number of amides is 1.